The molecule has 0 atom stereocenters. The molecule has 146 valence electrons. The van der Waals surface area contributed by atoms with E-state index in [1.165, 1.54) is 24.3 Å². The summed E-state index contributed by atoms with van der Waals surface area (Å²) in [5.74, 6) is -0.461. The summed E-state index contributed by atoms with van der Waals surface area (Å²) in [6.07, 6.45) is 0. The van der Waals surface area contributed by atoms with Crippen molar-refractivity contribution in [2.45, 2.75) is 9.79 Å². The van der Waals surface area contributed by atoms with Crippen LogP contribution in [0.4, 0.5) is 17.1 Å². The van der Waals surface area contributed by atoms with Crippen LogP contribution in [0.15, 0.2) is 68.6 Å². The third kappa shape index (κ3) is 3.94. The second-order valence-electron chi connectivity index (χ2n) is 5.68. The van der Waals surface area contributed by atoms with Crippen LogP contribution in [0.1, 0.15) is 0 Å². The average Bonchev–Trinajstić information content (AvgIpc) is 2.59. The highest BCUT2D eigenvalue weighted by atomic mass is 32.2. The van der Waals surface area contributed by atoms with E-state index in [-0.39, 0.29) is 32.7 Å². The van der Waals surface area contributed by atoms with Gasteiger partial charge in [-0.25, -0.2) is 0 Å². The Morgan fingerprint density at radius 1 is 0.786 bits per heavy atom. The first-order valence-electron chi connectivity index (χ1n) is 7.49. The van der Waals surface area contributed by atoms with Gasteiger partial charge in [0.25, 0.3) is 20.2 Å². The number of fused-ring (bicyclic) bond motifs is 1. The maximum absolute atomic E-state index is 11.4. The van der Waals surface area contributed by atoms with Crippen molar-refractivity contribution in [2.75, 3.05) is 5.73 Å². The van der Waals surface area contributed by atoms with E-state index in [0.717, 1.165) is 24.3 Å². The van der Waals surface area contributed by atoms with Gasteiger partial charge < -0.3 is 10.8 Å². The molecule has 12 heteroatoms. The fourth-order valence-electron chi connectivity index (χ4n) is 2.48. The second kappa shape index (κ2) is 6.83. The van der Waals surface area contributed by atoms with E-state index in [0.29, 0.717) is 0 Å². The van der Waals surface area contributed by atoms with Crippen LogP contribution in [0.2, 0.25) is 0 Å². The number of nitrogens with two attached hydrogens (primary N) is 1. The maximum Gasteiger partial charge on any atom is 0.294 e. The van der Waals surface area contributed by atoms with Crippen LogP contribution in [-0.2, 0) is 20.2 Å². The number of phenols is 1. The lowest BCUT2D eigenvalue weighted by molar-refractivity contribution is 0.471. The van der Waals surface area contributed by atoms with Gasteiger partial charge in [0, 0.05) is 22.5 Å². The molecule has 0 aliphatic rings. The highest BCUT2D eigenvalue weighted by Crippen LogP contribution is 2.38. The quantitative estimate of drug-likeness (QED) is 0.281. The monoisotopic (exact) mass is 423 g/mol. The van der Waals surface area contributed by atoms with Crippen molar-refractivity contribution in [3.63, 3.8) is 0 Å². The predicted molar refractivity (Wildman–Crippen MR) is 100 cm³/mol. The maximum atomic E-state index is 11.4. The van der Waals surface area contributed by atoms with E-state index in [2.05, 4.69) is 10.2 Å². The lowest BCUT2D eigenvalue weighted by Gasteiger charge is -2.09. The molecule has 10 nitrogen and oxygen atoms in total. The van der Waals surface area contributed by atoms with E-state index in [9.17, 15) is 26.5 Å². The Kier molecular flexibility index (Phi) is 4.81. The largest absolute Gasteiger partial charge is 0.507 e. The van der Waals surface area contributed by atoms with E-state index in [1.807, 2.05) is 0 Å². The number of aromatic hydroxyl groups is 1. The van der Waals surface area contributed by atoms with Gasteiger partial charge in [-0.3, -0.25) is 9.11 Å². The second-order valence-corrected chi connectivity index (χ2v) is 8.53. The molecule has 0 bridgehead atoms. The SMILES string of the molecule is Nc1ccc(N=Nc2ccc(S(=O)(=O)O)cc2)c2cc(S(=O)(=O)O)cc(O)c12. The number of phenolic OH excluding ortho intramolecular Hbond substituents is 1. The lowest BCUT2D eigenvalue weighted by atomic mass is 10.1. The zero-order chi connectivity index (χ0) is 20.7. The van der Waals surface area contributed by atoms with E-state index in [1.54, 1.807) is 0 Å². The number of hydrogen-bond acceptors (Lipinski definition) is 8. The molecule has 3 aromatic carbocycles. The first-order chi connectivity index (χ1) is 13.0. The lowest BCUT2D eigenvalue weighted by Crippen LogP contribution is -1.98. The summed E-state index contributed by atoms with van der Waals surface area (Å²) in [5.41, 5.74) is 6.37. The van der Waals surface area contributed by atoms with Crippen LogP contribution < -0.4 is 5.73 Å². The molecule has 0 aliphatic heterocycles. The molecular weight excluding hydrogens is 410 g/mol. The number of rotatable bonds is 4. The van der Waals surface area contributed by atoms with Gasteiger partial charge in [0.1, 0.15) is 5.75 Å². The summed E-state index contributed by atoms with van der Waals surface area (Å²) < 4.78 is 63.1. The van der Waals surface area contributed by atoms with Gasteiger partial charge >= 0.3 is 0 Å². The predicted octanol–water partition coefficient (Wildman–Crippen LogP) is 3.04. The topological polar surface area (TPSA) is 180 Å². The van der Waals surface area contributed by atoms with Crippen molar-refractivity contribution in [3.05, 3.63) is 48.5 Å². The van der Waals surface area contributed by atoms with E-state index in [4.69, 9.17) is 10.3 Å². The molecular formula is C16H13N3O7S2. The molecule has 0 aliphatic carbocycles. The molecule has 5 N–H and O–H groups in total. The standard InChI is InChI=1S/C16H13N3O7S2/c17-13-5-6-14(12-7-11(28(24,25)26)8-15(20)16(12)13)19-18-9-1-3-10(4-2-9)27(21,22)23/h1-8,20H,17H2,(H,21,22,23)(H,24,25,26). The van der Waals surface area contributed by atoms with Crippen LogP contribution >= 0.6 is 0 Å². The summed E-state index contributed by atoms with van der Waals surface area (Å²) in [7, 11) is -8.92. The van der Waals surface area contributed by atoms with Gasteiger partial charge in [0.2, 0.25) is 0 Å². The van der Waals surface area contributed by atoms with Crippen LogP contribution in [0, 0.1) is 0 Å². The number of benzene rings is 3. The van der Waals surface area contributed by atoms with Gasteiger partial charge in [0.15, 0.2) is 0 Å². The zero-order valence-corrected chi connectivity index (χ0v) is 15.5. The average molecular weight is 423 g/mol. The van der Waals surface area contributed by atoms with Crippen molar-refractivity contribution in [1.82, 2.24) is 0 Å². The van der Waals surface area contributed by atoms with E-state index < -0.39 is 30.9 Å². The Labute approximate surface area is 159 Å². The number of nitrogens with zero attached hydrogens (tertiary/aromatic N) is 2. The highest BCUT2D eigenvalue weighted by molar-refractivity contribution is 7.86. The van der Waals surface area contributed by atoms with Gasteiger partial charge in [-0.2, -0.15) is 21.9 Å². The molecule has 0 amide bonds. The minimum absolute atomic E-state index is 0.130. The fourth-order valence-corrected chi connectivity index (χ4v) is 3.49. The van der Waals surface area contributed by atoms with Crippen molar-refractivity contribution in [1.29, 1.82) is 0 Å². The molecule has 0 fully saturated rings. The fraction of sp³-hybridized carbons (Fsp3) is 0. The van der Waals surface area contributed by atoms with Crippen molar-refractivity contribution >= 4 is 48.1 Å². The highest BCUT2D eigenvalue weighted by Gasteiger charge is 2.17. The molecule has 28 heavy (non-hydrogen) atoms. The minimum atomic E-state index is -4.59. The summed E-state index contributed by atoms with van der Waals surface area (Å²) in [6.45, 7) is 0. The Morgan fingerprint density at radius 3 is 1.96 bits per heavy atom. The normalized spacial score (nSPS) is 12.6. The molecule has 0 spiro atoms. The van der Waals surface area contributed by atoms with Gasteiger partial charge in [-0.1, -0.05) is 0 Å². The summed E-state index contributed by atoms with van der Waals surface area (Å²) in [6, 6.07) is 9.69. The molecule has 0 heterocycles. The van der Waals surface area contributed by atoms with Gasteiger partial charge in [-0.05, 0) is 42.5 Å². The van der Waals surface area contributed by atoms with Crippen molar-refractivity contribution in [3.8, 4) is 5.75 Å². The van der Waals surface area contributed by atoms with Crippen LogP contribution in [0.25, 0.3) is 10.8 Å². The summed E-state index contributed by atoms with van der Waals surface area (Å²) >= 11 is 0. The summed E-state index contributed by atoms with van der Waals surface area (Å²) in [4.78, 5) is -0.857. The molecule has 0 saturated carbocycles. The Hall–Kier alpha value is -3.06. The van der Waals surface area contributed by atoms with Gasteiger partial charge in [-0.15, -0.1) is 5.11 Å². The zero-order valence-electron chi connectivity index (χ0n) is 13.9. The Bertz CT molecular complexity index is 1320. The first kappa shape index (κ1) is 19.7. The number of anilines is 1. The van der Waals surface area contributed by atoms with Crippen molar-refractivity contribution in [2.24, 2.45) is 10.2 Å². The number of nitrogen functional groups attached to an aromatic ring is 1. The van der Waals surface area contributed by atoms with Crippen molar-refractivity contribution < 1.29 is 31.0 Å². The van der Waals surface area contributed by atoms with Gasteiger partial charge in [0.05, 0.1) is 21.2 Å². The molecule has 3 rings (SSSR count). The van der Waals surface area contributed by atoms with Crippen LogP contribution in [0.3, 0.4) is 0 Å². The van der Waals surface area contributed by atoms with Crippen LogP contribution in [0.5, 0.6) is 5.75 Å². The smallest absolute Gasteiger partial charge is 0.294 e. The molecule has 0 saturated heterocycles. The molecule has 0 aromatic heterocycles. The summed E-state index contributed by atoms with van der Waals surface area (Å²) in [5, 5.41) is 18.3. The first-order valence-corrected chi connectivity index (χ1v) is 10.4. The third-order valence-electron chi connectivity index (χ3n) is 3.78. The number of azo groups is 1. The molecule has 3 aromatic rings. The Balaban J connectivity index is 2.11. The third-order valence-corrected chi connectivity index (χ3v) is 5.48. The Morgan fingerprint density at radius 2 is 1.39 bits per heavy atom. The van der Waals surface area contributed by atoms with Crippen LogP contribution in [-0.4, -0.2) is 31.0 Å². The molecule has 0 radical (unpaired) electrons. The molecule has 0 unspecified atom stereocenters. The van der Waals surface area contributed by atoms with E-state index >= 15 is 0 Å². The minimum Gasteiger partial charge on any atom is -0.507 e. The number of hydrogen-bond donors (Lipinski definition) is 4.